The van der Waals surface area contributed by atoms with Gasteiger partial charge in [-0.1, -0.05) is 24.8 Å². The summed E-state index contributed by atoms with van der Waals surface area (Å²) in [5, 5.41) is 2.93. The van der Waals surface area contributed by atoms with Crippen LogP contribution in [0.25, 0.3) is 0 Å². The summed E-state index contributed by atoms with van der Waals surface area (Å²) in [6.07, 6.45) is 8.96. The number of hydrogen-bond acceptors (Lipinski definition) is 4. The first-order chi connectivity index (χ1) is 14.3. The fourth-order valence-electron chi connectivity index (χ4n) is 3.41. The molecule has 5 nitrogen and oxygen atoms in total. The first kappa shape index (κ1) is 24.0. The fourth-order valence-corrected chi connectivity index (χ4v) is 4.05. The van der Waals surface area contributed by atoms with Crippen LogP contribution in [0.4, 0.5) is 9.18 Å². The third-order valence-electron chi connectivity index (χ3n) is 5.53. The zero-order valence-electron chi connectivity index (χ0n) is 18.2. The van der Waals surface area contributed by atoms with Crippen LogP contribution in [0.3, 0.4) is 0 Å². The number of carbonyl (C=O) groups excluding carboxylic acids is 1. The van der Waals surface area contributed by atoms with Gasteiger partial charge >= 0.3 is 6.03 Å². The number of likely N-dealkylation sites (tertiary alicyclic amines) is 1. The molecule has 0 spiro atoms. The number of piperidine rings is 1. The average Bonchev–Trinajstić information content (AvgIpc) is 2.72. The number of amides is 2. The molecule has 2 amide bonds. The molecular formula is C23H32FN3O2S. The topological polar surface area (TPSA) is 44.8 Å². The Bertz CT molecular complexity index is 786. The van der Waals surface area contributed by atoms with Crippen molar-refractivity contribution in [2.24, 2.45) is 5.92 Å². The molecule has 1 saturated heterocycles. The van der Waals surface area contributed by atoms with Gasteiger partial charge in [0.05, 0.1) is 0 Å². The Hall–Kier alpha value is -2.25. The second kappa shape index (κ2) is 11.2. The van der Waals surface area contributed by atoms with E-state index in [1.807, 2.05) is 31.0 Å². The minimum atomic E-state index is -0.318. The van der Waals surface area contributed by atoms with Crippen molar-refractivity contribution < 1.29 is 13.4 Å². The van der Waals surface area contributed by atoms with E-state index in [-0.39, 0.29) is 17.4 Å². The molecule has 30 heavy (non-hydrogen) atoms. The Labute approximate surface area is 184 Å². The quantitative estimate of drug-likeness (QED) is 0.332. The van der Waals surface area contributed by atoms with Crippen molar-refractivity contribution in [3.05, 3.63) is 66.7 Å². The van der Waals surface area contributed by atoms with E-state index in [2.05, 4.69) is 30.0 Å². The van der Waals surface area contributed by atoms with Gasteiger partial charge in [-0.2, -0.15) is 0 Å². The molecule has 1 heterocycles. The van der Waals surface area contributed by atoms with Crippen LogP contribution in [-0.4, -0.2) is 40.9 Å². The maximum atomic E-state index is 13.3. The smallest absolute Gasteiger partial charge is 0.321 e. The van der Waals surface area contributed by atoms with Crippen LogP contribution in [0, 0.1) is 11.7 Å². The van der Waals surface area contributed by atoms with Gasteiger partial charge in [0.1, 0.15) is 23.8 Å². The molecule has 0 saturated carbocycles. The second-order valence-corrected chi connectivity index (χ2v) is 8.68. The highest BCUT2D eigenvalue weighted by atomic mass is 32.2. The van der Waals surface area contributed by atoms with Crippen LogP contribution < -0.4 is 9.50 Å². The van der Waals surface area contributed by atoms with E-state index in [0.717, 1.165) is 18.5 Å². The fraction of sp³-hybridized carbons (Fsp3) is 0.435. The lowest BCUT2D eigenvalue weighted by Gasteiger charge is -2.44. The molecule has 164 valence electrons. The summed E-state index contributed by atoms with van der Waals surface area (Å²) in [7, 11) is 1.98. The SMILES string of the molecule is C=C/C=C(\C=C/C)NC(=O)N1CCC(C(C)(C)N(C)SOc2cccc(F)c2)CC1. The summed E-state index contributed by atoms with van der Waals surface area (Å²) in [4.78, 5) is 14.4. The van der Waals surface area contributed by atoms with Gasteiger partial charge in [0.25, 0.3) is 0 Å². The third kappa shape index (κ3) is 6.64. The van der Waals surface area contributed by atoms with Gasteiger partial charge < -0.3 is 14.4 Å². The minimum Gasteiger partial charge on any atom is -0.409 e. The van der Waals surface area contributed by atoms with Gasteiger partial charge in [0, 0.05) is 37.4 Å². The van der Waals surface area contributed by atoms with Crippen molar-refractivity contribution in [3.63, 3.8) is 0 Å². The molecule has 0 atom stereocenters. The van der Waals surface area contributed by atoms with E-state index >= 15 is 0 Å². The van der Waals surface area contributed by atoms with Gasteiger partial charge in [-0.3, -0.25) is 0 Å². The van der Waals surface area contributed by atoms with Crippen molar-refractivity contribution >= 4 is 18.3 Å². The second-order valence-electron chi connectivity index (χ2n) is 7.82. The van der Waals surface area contributed by atoms with Crippen LogP contribution in [0.5, 0.6) is 5.75 Å². The van der Waals surface area contributed by atoms with E-state index < -0.39 is 0 Å². The number of benzene rings is 1. The predicted octanol–water partition coefficient (Wildman–Crippen LogP) is 5.55. The number of hydrogen-bond donors (Lipinski definition) is 1. The van der Waals surface area contributed by atoms with Crippen molar-refractivity contribution in [1.82, 2.24) is 14.5 Å². The molecule has 1 N–H and O–H groups in total. The van der Waals surface area contributed by atoms with E-state index in [9.17, 15) is 9.18 Å². The van der Waals surface area contributed by atoms with Gasteiger partial charge in [0.2, 0.25) is 0 Å². The number of allylic oxidation sites excluding steroid dienone is 4. The van der Waals surface area contributed by atoms with Crippen LogP contribution in [0.15, 0.2) is 60.8 Å². The number of urea groups is 1. The van der Waals surface area contributed by atoms with Crippen LogP contribution in [0.2, 0.25) is 0 Å². The molecule has 1 aliphatic heterocycles. The zero-order valence-corrected chi connectivity index (χ0v) is 19.0. The standard InChI is InChI=1S/C23H32FN3O2S/c1-6-9-20(10-7-2)25-22(28)27-15-13-18(14-16-27)23(3,4)26(5)30-29-21-12-8-11-19(24)17-21/h6-12,17-18H,1,13-16H2,2-5H3,(H,25,28)/b10-7-,20-9+. The zero-order chi connectivity index (χ0) is 22.1. The monoisotopic (exact) mass is 433 g/mol. The summed E-state index contributed by atoms with van der Waals surface area (Å²) in [6, 6.07) is 6.03. The van der Waals surface area contributed by atoms with Gasteiger partial charge in [0.15, 0.2) is 0 Å². The predicted molar refractivity (Wildman–Crippen MR) is 122 cm³/mol. The third-order valence-corrected chi connectivity index (χ3v) is 6.49. The number of halogens is 1. The number of rotatable bonds is 8. The van der Waals surface area contributed by atoms with Crippen LogP contribution in [0.1, 0.15) is 33.6 Å². The number of nitrogens with zero attached hydrogens (tertiary/aromatic N) is 2. The molecule has 0 unspecified atom stereocenters. The normalized spacial score (nSPS) is 16.2. The summed E-state index contributed by atoms with van der Waals surface area (Å²) < 4.78 is 21.1. The van der Waals surface area contributed by atoms with Gasteiger partial charge in [-0.15, -0.1) is 0 Å². The Balaban J connectivity index is 1.88. The first-order valence-corrected chi connectivity index (χ1v) is 10.8. The molecule has 2 rings (SSSR count). The lowest BCUT2D eigenvalue weighted by molar-refractivity contribution is 0.103. The first-order valence-electron chi connectivity index (χ1n) is 10.1. The Morgan fingerprint density at radius 1 is 1.40 bits per heavy atom. The molecule has 1 aliphatic rings. The lowest BCUT2D eigenvalue weighted by atomic mass is 9.80. The summed E-state index contributed by atoms with van der Waals surface area (Å²) in [5.74, 6) is 0.564. The molecule has 1 fully saturated rings. The molecule has 0 bridgehead atoms. The van der Waals surface area contributed by atoms with Crippen LogP contribution in [-0.2, 0) is 0 Å². The lowest BCUT2D eigenvalue weighted by Crippen LogP contribution is -2.51. The van der Waals surface area contributed by atoms with Gasteiger partial charge in [-0.25, -0.2) is 13.5 Å². The van der Waals surface area contributed by atoms with E-state index in [1.54, 1.807) is 24.3 Å². The average molecular weight is 434 g/mol. The molecule has 1 aromatic carbocycles. The maximum absolute atomic E-state index is 13.3. The summed E-state index contributed by atoms with van der Waals surface area (Å²) in [6.45, 7) is 11.3. The molecule has 7 heteroatoms. The van der Waals surface area contributed by atoms with Crippen LogP contribution >= 0.6 is 12.2 Å². The summed E-state index contributed by atoms with van der Waals surface area (Å²) >= 11 is 1.21. The van der Waals surface area contributed by atoms with E-state index in [4.69, 9.17) is 4.18 Å². The van der Waals surface area contributed by atoms with Crippen molar-refractivity contribution in [1.29, 1.82) is 0 Å². The van der Waals surface area contributed by atoms with Crippen molar-refractivity contribution in [3.8, 4) is 5.75 Å². The maximum Gasteiger partial charge on any atom is 0.321 e. The Kier molecular flexibility index (Phi) is 8.99. The molecule has 1 aromatic rings. The van der Waals surface area contributed by atoms with E-state index in [0.29, 0.717) is 24.8 Å². The molecule has 0 aromatic heterocycles. The number of nitrogens with one attached hydrogen (secondary N) is 1. The van der Waals surface area contributed by atoms with Crippen molar-refractivity contribution in [2.75, 3.05) is 20.1 Å². The highest BCUT2D eigenvalue weighted by Crippen LogP contribution is 2.36. The Morgan fingerprint density at radius 3 is 2.70 bits per heavy atom. The van der Waals surface area contributed by atoms with Gasteiger partial charge in [-0.05, 0) is 63.8 Å². The molecular weight excluding hydrogens is 401 g/mol. The summed E-state index contributed by atoms with van der Waals surface area (Å²) in [5.41, 5.74) is 0.574. The molecule has 0 aliphatic carbocycles. The highest BCUT2D eigenvalue weighted by Gasteiger charge is 2.37. The Morgan fingerprint density at radius 2 is 2.10 bits per heavy atom. The minimum absolute atomic E-state index is 0.0883. The molecule has 0 radical (unpaired) electrons. The highest BCUT2D eigenvalue weighted by molar-refractivity contribution is 7.92. The number of carbonyl (C=O) groups is 1. The van der Waals surface area contributed by atoms with E-state index in [1.165, 1.54) is 24.4 Å². The largest absolute Gasteiger partial charge is 0.409 e. The van der Waals surface area contributed by atoms with Crippen molar-refractivity contribution in [2.45, 2.75) is 39.2 Å².